The third-order valence-electron chi connectivity index (χ3n) is 7.15. The van der Waals surface area contributed by atoms with Crippen LogP contribution in [0.1, 0.15) is 57.2 Å². The van der Waals surface area contributed by atoms with Crippen molar-refractivity contribution in [3.63, 3.8) is 0 Å². The van der Waals surface area contributed by atoms with E-state index in [9.17, 15) is 0 Å². The number of benzene rings is 4. The van der Waals surface area contributed by atoms with E-state index in [1.165, 1.54) is 55.6 Å². The predicted octanol–water partition coefficient (Wildman–Crippen LogP) is 8.00. The van der Waals surface area contributed by atoms with Crippen LogP contribution in [0.3, 0.4) is 0 Å². The third-order valence-corrected chi connectivity index (χ3v) is 7.15. The second kappa shape index (κ2) is 8.13. The van der Waals surface area contributed by atoms with Gasteiger partial charge in [0.2, 0.25) is 0 Å². The minimum absolute atomic E-state index is 0.0854. The Morgan fingerprint density at radius 1 is 0.824 bits per heavy atom. The minimum Gasteiger partial charge on any atom is -0.225 e. The van der Waals surface area contributed by atoms with Crippen molar-refractivity contribution in [1.29, 1.82) is 0 Å². The van der Waals surface area contributed by atoms with Gasteiger partial charge in [-0.05, 0) is 64.6 Å². The van der Waals surface area contributed by atoms with Gasteiger partial charge in [-0.1, -0.05) is 89.2 Å². The first-order valence-electron chi connectivity index (χ1n) is 12.3. The predicted molar refractivity (Wildman–Crippen MR) is 145 cm³/mol. The zero-order valence-corrected chi connectivity index (χ0v) is 21.5. The Morgan fingerprint density at radius 3 is 2.29 bits per heavy atom. The fraction of sp³-hybridized carbons (Fsp3) is 0.281. The normalized spacial score (nSPS) is 12.2. The number of rotatable bonds is 3. The van der Waals surface area contributed by atoms with Gasteiger partial charge < -0.3 is 0 Å². The van der Waals surface area contributed by atoms with Crippen molar-refractivity contribution in [2.75, 3.05) is 0 Å². The van der Waals surface area contributed by atoms with Gasteiger partial charge in [0.05, 0.1) is 12.6 Å². The van der Waals surface area contributed by atoms with Gasteiger partial charge in [0.15, 0.2) is 11.0 Å². The van der Waals surface area contributed by atoms with Crippen molar-refractivity contribution >= 4 is 21.8 Å². The Morgan fingerprint density at radius 2 is 1.56 bits per heavy atom. The number of aryl methyl sites for hydroxylation is 2. The molecule has 2 heteroatoms. The maximum atomic E-state index is 2.48. The van der Waals surface area contributed by atoms with E-state index in [0.29, 0.717) is 5.92 Å². The molecular formula is C32H35N2+. The SMILES string of the molecule is Cc1ccc(C(C)(C)C)cc1-c1n(-c2cccc3ccccc23)c2cc(C(C)C)ccc2[n+]1C. The van der Waals surface area contributed by atoms with Gasteiger partial charge >= 0.3 is 0 Å². The molecule has 0 aliphatic carbocycles. The summed E-state index contributed by atoms with van der Waals surface area (Å²) in [5.41, 5.74) is 9.09. The molecule has 0 saturated carbocycles. The standard InChI is InChI=1S/C32H35N2/c1-21(2)24-16-18-29-30(19-24)34(28-14-10-12-23-11-8-9-13-26(23)28)31(33(29)7)27-20-25(32(4,5)6)17-15-22(27)3/h8-21H,1-7H3/q+1. The van der Waals surface area contributed by atoms with Crippen LogP contribution in [0.25, 0.3) is 38.9 Å². The zero-order chi connectivity index (χ0) is 24.2. The molecule has 0 atom stereocenters. The Kier molecular flexibility index (Phi) is 5.36. The summed E-state index contributed by atoms with van der Waals surface area (Å²) in [5.74, 6) is 1.69. The number of nitrogens with zero attached hydrogens (tertiary/aromatic N) is 2. The van der Waals surface area contributed by atoms with Crippen molar-refractivity contribution in [2.24, 2.45) is 7.05 Å². The van der Waals surface area contributed by atoms with Crippen LogP contribution in [0.5, 0.6) is 0 Å². The molecule has 0 aliphatic heterocycles. The van der Waals surface area contributed by atoms with E-state index in [-0.39, 0.29) is 5.41 Å². The Labute approximate surface area is 203 Å². The summed E-state index contributed by atoms with van der Waals surface area (Å²) in [5, 5.41) is 2.53. The molecule has 4 aromatic carbocycles. The summed E-state index contributed by atoms with van der Waals surface area (Å²) < 4.78 is 4.86. The van der Waals surface area contributed by atoms with Crippen LogP contribution >= 0.6 is 0 Å². The van der Waals surface area contributed by atoms with Crippen LogP contribution in [-0.2, 0) is 12.5 Å². The summed E-state index contributed by atoms with van der Waals surface area (Å²) >= 11 is 0. The summed E-state index contributed by atoms with van der Waals surface area (Å²) in [6.45, 7) is 13.6. The topological polar surface area (TPSA) is 8.81 Å². The lowest BCUT2D eigenvalue weighted by Crippen LogP contribution is -2.30. The van der Waals surface area contributed by atoms with Crippen molar-refractivity contribution in [3.05, 3.63) is 95.6 Å². The van der Waals surface area contributed by atoms with Crippen LogP contribution in [0.15, 0.2) is 78.9 Å². The number of fused-ring (bicyclic) bond motifs is 2. The fourth-order valence-electron chi connectivity index (χ4n) is 5.02. The van der Waals surface area contributed by atoms with Crippen molar-refractivity contribution in [1.82, 2.24) is 4.57 Å². The maximum Gasteiger partial charge on any atom is 0.295 e. The molecule has 0 fully saturated rings. The van der Waals surface area contributed by atoms with E-state index in [0.717, 1.165) is 0 Å². The Hall–Kier alpha value is -3.39. The van der Waals surface area contributed by atoms with Gasteiger partial charge in [-0.3, -0.25) is 0 Å². The number of hydrogen-bond acceptors (Lipinski definition) is 0. The smallest absolute Gasteiger partial charge is 0.225 e. The quantitative estimate of drug-likeness (QED) is 0.248. The first-order chi connectivity index (χ1) is 16.2. The molecule has 172 valence electrons. The second-order valence-corrected chi connectivity index (χ2v) is 10.9. The molecule has 0 bridgehead atoms. The van der Waals surface area contributed by atoms with Crippen LogP contribution in [0, 0.1) is 6.92 Å². The molecule has 0 unspecified atom stereocenters. The summed E-state index contributed by atoms with van der Waals surface area (Å²) in [4.78, 5) is 0. The highest BCUT2D eigenvalue weighted by Gasteiger charge is 2.29. The lowest BCUT2D eigenvalue weighted by Gasteiger charge is -2.20. The van der Waals surface area contributed by atoms with E-state index in [1.54, 1.807) is 0 Å². The first-order valence-corrected chi connectivity index (χ1v) is 12.3. The highest BCUT2D eigenvalue weighted by molar-refractivity contribution is 5.93. The minimum atomic E-state index is 0.0854. The lowest BCUT2D eigenvalue weighted by molar-refractivity contribution is -0.633. The molecule has 0 spiro atoms. The summed E-state index contributed by atoms with van der Waals surface area (Å²) in [6.07, 6.45) is 0. The van der Waals surface area contributed by atoms with Crippen molar-refractivity contribution in [2.45, 2.75) is 52.9 Å². The van der Waals surface area contributed by atoms with Crippen LogP contribution in [0.2, 0.25) is 0 Å². The molecule has 0 N–H and O–H groups in total. The molecule has 0 amide bonds. The zero-order valence-electron chi connectivity index (χ0n) is 21.5. The summed E-state index contributed by atoms with van der Waals surface area (Å²) in [6, 6.07) is 29.3. The third kappa shape index (κ3) is 3.62. The summed E-state index contributed by atoms with van der Waals surface area (Å²) in [7, 11) is 2.21. The molecule has 1 heterocycles. The van der Waals surface area contributed by atoms with Gasteiger partial charge in [-0.15, -0.1) is 0 Å². The van der Waals surface area contributed by atoms with Gasteiger partial charge in [0, 0.05) is 5.39 Å². The number of hydrogen-bond donors (Lipinski definition) is 0. The van der Waals surface area contributed by atoms with E-state index >= 15 is 0 Å². The molecule has 34 heavy (non-hydrogen) atoms. The van der Waals surface area contributed by atoms with Crippen LogP contribution in [0.4, 0.5) is 0 Å². The Bertz CT molecular complexity index is 1520. The van der Waals surface area contributed by atoms with Crippen molar-refractivity contribution < 1.29 is 4.57 Å². The molecule has 1 aromatic heterocycles. The van der Waals surface area contributed by atoms with Gasteiger partial charge in [-0.25, -0.2) is 4.57 Å². The van der Waals surface area contributed by atoms with Crippen molar-refractivity contribution in [3.8, 4) is 17.1 Å². The Balaban J connectivity index is 1.95. The average molecular weight is 448 g/mol. The van der Waals surface area contributed by atoms with Gasteiger partial charge in [-0.2, -0.15) is 4.57 Å². The number of imidazole rings is 1. The van der Waals surface area contributed by atoms with E-state index < -0.39 is 0 Å². The maximum absolute atomic E-state index is 2.48. The molecule has 5 aromatic rings. The van der Waals surface area contributed by atoms with E-state index in [1.807, 2.05) is 0 Å². The highest BCUT2D eigenvalue weighted by atomic mass is 15.2. The largest absolute Gasteiger partial charge is 0.295 e. The molecule has 5 rings (SSSR count). The van der Waals surface area contributed by atoms with E-state index in [4.69, 9.17) is 0 Å². The monoisotopic (exact) mass is 447 g/mol. The molecular weight excluding hydrogens is 412 g/mol. The van der Waals surface area contributed by atoms with E-state index in [2.05, 4.69) is 137 Å². The number of aromatic nitrogens is 2. The molecule has 0 aliphatic rings. The second-order valence-electron chi connectivity index (χ2n) is 10.9. The fourth-order valence-corrected chi connectivity index (χ4v) is 5.02. The van der Waals surface area contributed by atoms with Gasteiger partial charge in [0.1, 0.15) is 5.69 Å². The molecule has 0 saturated heterocycles. The average Bonchev–Trinajstić information content (AvgIpc) is 3.09. The molecule has 2 nitrogen and oxygen atoms in total. The highest BCUT2D eigenvalue weighted by Crippen LogP contribution is 2.35. The van der Waals surface area contributed by atoms with Crippen LogP contribution < -0.4 is 4.57 Å². The lowest BCUT2D eigenvalue weighted by atomic mass is 9.85. The first kappa shape index (κ1) is 22.4. The van der Waals surface area contributed by atoms with Crippen LogP contribution in [-0.4, -0.2) is 4.57 Å². The molecule has 0 radical (unpaired) electrons. The van der Waals surface area contributed by atoms with Gasteiger partial charge in [0.25, 0.3) is 5.82 Å².